The first kappa shape index (κ1) is 15.0. The van der Waals surface area contributed by atoms with Crippen LogP contribution in [0.2, 0.25) is 0 Å². The summed E-state index contributed by atoms with van der Waals surface area (Å²) in [5, 5.41) is 3.35. The summed E-state index contributed by atoms with van der Waals surface area (Å²) < 4.78 is 6.20. The van der Waals surface area contributed by atoms with Crippen molar-refractivity contribution in [1.29, 1.82) is 0 Å². The highest BCUT2D eigenvalue weighted by atomic mass is 16.5. The highest BCUT2D eigenvalue weighted by Gasteiger charge is 2.21. The van der Waals surface area contributed by atoms with Crippen LogP contribution in [0.1, 0.15) is 52.5 Å². The zero-order chi connectivity index (χ0) is 13.6. The van der Waals surface area contributed by atoms with Gasteiger partial charge in [0.25, 0.3) is 0 Å². The quantitative estimate of drug-likeness (QED) is 0.789. The number of likely N-dealkylation sites (N-methyl/N-ethyl adjacent to an activating group) is 1. The average Bonchev–Trinajstić information content (AvgIpc) is 2.36. The molecule has 2 heteroatoms. The van der Waals surface area contributed by atoms with Gasteiger partial charge in [0.05, 0.1) is 0 Å². The fourth-order valence-corrected chi connectivity index (χ4v) is 1.96. The first-order valence-electron chi connectivity index (χ1n) is 6.98. The maximum Gasteiger partial charge on any atom is 0.123 e. The van der Waals surface area contributed by atoms with Crippen molar-refractivity contribution in [1.82, 2.24) is 5.32 Å². The molecule has 0 amide bonds. The minimum Gasteiger partial charge on any atom is -0.486 e. The summed E-state index contributed by atoms with van der Waals surface area (Å²) in [5.74, 6) is 1.56. The Morgan fingerprint density at radius 3 is 2.50 bits per heavy atom. The Bertz CT molecular complexity index is 360. The van der Waals surface area contributed by atoms with E-state index in [0.717, 1.165) is 25.3 Å². The van der Waals surface area contributed by atoms with E-state index in [1.54, 1.807) is 0 Å². The molecule has 0 saturated carbocycles. The second-order valence-electron chi connectivity index (χ2n) is 5.49. The molecule has 102 valence electrons. The van der Waals surface area contributed by atoms with E-state index in [1.807, 2.05) is 6.07 Å². The van der Waals surface area contributed by atoms with Crippen LogP contribution < -0.4 is 10.1 Å². The maximum atomic E-state index is 6.20. The number of para-hydroxylation sites is 1. The first-order chi connectivity index (χ1) is 8.50. The Balaban J connectivity index is 2.83. The van der Waals surface area contributed by atoms with E-state index < -0.39 is 0 Å². The molecule has 0 heterocycles. The van der Waals surface area contributed by atoms with E-state index in [9.17, 15) is 0 Å². The monoisotopic (exact) mass is 249 g/mol. The van der Waals surface area contributed by atoms with E-state index in [2.05, 4.69) is 58.1 Å². The molecule has 0 aromatic heterocycles. The molecule has 1 unspecified atom stereocenters. The van der Waals surface area contributed by atoms with Gasteiger partial charge in [0.2, 0.25) is 0 Å². The van der Waals surface area contributed by atoms with Crippen LogP contribution in [0.5, 0.6) is 5.75 Å². The van der Waals surface area contributed by atoms with Crippen molar-refractivity contribution >= 4 is 0 Å². The molecule has 0 saturated heterocycles. The van der Waals surface area contributed by atoms with Crippen LogP contribution in [0, 0.1) is 0 Å². The van der Waals surface area contributed by atoms with Crippen molar-refractivity contribution in [2.75, 3.05) is 13.1 Å². The summed E-state index contributed by atoms with van der Waals surface area (Å²) in [4.78, 5) is 0. The van der Waals surface area contributed by atoms with Gasteiger partial charge in [0, 0.05) is 6.54 Å². The molecule has 0 aliphatic carbocycles. The Kier molecular flexibility index (Phi) is 5.67. The lowest BCUT2D eigenvalue weighted by Gasteiger charge is -2.29. The molecule has 1 atom stereocenters. The van der Waals surface area contributed by atoms with Gasteiger partial charge < -0.3 is 10.1 Å². The van der Waals surface area contributed by atoms with Gasteiger partial charge >= 0.3 is 0 Å². The molecule has 1 N–H and O–H groups in total. The predicted octanol–water partition coefficient (Wildman–Crippen LogP) is 3.97. The van der Waals surface area contributed by atoms with E-state index in [4.69, 9.17) is 4.74 Å². The summed E-state index contributed by atoms with van der Waals surface area (Å²) in [6.07, 6.45) is 1.13. The molecule has 1 aromatic rings. The summed E-state index contributed by atoms with van der Waals surface area (Å²) in [5.41, 5.74) is 1.13. The van der Waals surface area contributed by atoms with Crippen LogP contribution >= 0.6 is 0 Å². The van der Waals surface area contributed by atoms with Crippen molar-refractivity contribution in [2.45, 2.75) is 52.6 Å². The number of rotatable bonds is 7. The lowest BCUT2D eigenvalue weighted by molar-refractivity contribution is 0.107. The van der Waals surface area contributed by atoms with Crippen LogP contribution in [0.4, 0.5) is 0 Å². The van der Waals surface area contributed by atoms with Crippen LogP contribution in [0.3, 0.4) is 0 Å². The van der Waals surface area contributed by atoms with Gasteiger partial charge in [-0.15, -0.1) is 0 Å². The van der Waals surface area contributed by atoms with E-state index in [1.165, 1.54) is 5.56 Å². The second-order valence-corrected chi connectivity index (χ2v) is 5.49. The summed E-state index contributed by atoms with van der Waals surface area (Å²) in [7, 11) is 0. The van der Waals surface area contributed by atoms with Crippen molar-refractivity contribution in [3.05, 3.63) is 29.8 Å². The van der Waals surface area contributed by atoms with Crippen LogP contribution in [0.25, 0.3) is 0 Å². The molecule has 1 rings (SSSR count). The van der Waals surface area contributed by atoms with Crippen LogP contribution in [-0.4, -0.2) is 18.7 Å². The molecule has 2 nitrogen and oxygen atoms in total. The fourth-order valence-electron chi connectivity index (χ4n) is 1.96. The van der Waals surface area contributed by atoms with Gasteiger partial charge in [-0.2, -0.15) is 0 Å². The Morgan fingerprint density at radius 1 is 1.22 bits per heavy atom. The smallest absolute Gasteiger partial charge is 0.123 e. The van der Waals surface area contributed by atoms with Gasteiger partial charge in [-0.05, 0) is 44.4 Å². The Hall–Kier alpha value is -1.02. The van der Waals surface area contributed by atoms with Gasteiger partial charge in [0.15, 0.2) is 0 Å². The summed E-state index contributed by atoms with van der Waals surface area (Å²) >= 11 is 0. The predicted molar refractivity (Wildman–Crippen MR) is 78.4 cm³/mol. The molecule has 0 fully saturated rings. The standard InChI is InChI=1S/C16H27NO/c1-6-13(3)14-10-8-9-11-15(14)18-16(4,5)12-17-7-2/h8-11,13,17H,6-7,12H2,1-5H3. The largest absolute Gasteiger partial charge is 0.486 e. The van der Waals surface area contributed by atoms with E-state index >= 15 is 0 Å². The van der Waals surface area contributed by atoms with E-state index in [-0.39, 0.29) is 5.60 Å². The minimum atomic E-state index is -0.181. The molecule has 0 aliphatic heterocycles. The number of hydrogen-bond donors (Lipinski definition) is 1. The van der Waals surface area contributed by atoms with Crippen LogP contribution in [0.15, 0.2) is 24.3 Å². The molecule has 18 heavy (non-hydrogen) atoms. The maximum absolute atomic E-state index is 6.20. The first-order valence-corrected chi connectivity index (χ1v) is 6.98. The fraction of sp³-hybridized carbons (Fsp3) is 0.625. The third-order valence-corrected chi connectivity index (χ3v) is 3.25. The van der Waals surface area contributed by atoms with Crippen LogP contribution in [-0.2, 0) is 0 Å². The average molecular weight is 249 g/mol. The SMILES string of the molecule is CCNCC(C)(C)Oc1ccccc1C(C)CC. The van der Waals surface area contributed by atoms with Crippen molar-refractivity contribution in [3.8, 4) is 5.75 Å². The number of benzene rings is 1. The van der Waals surface area contributed by atoms with Crippen molar-refractivity contribution in [2.24, 2.45) is 0 Å². The zero-order valence-electron chi connectivity index (χ0n) is 12.4. The van der Waals surface area contributed by atoms with Gasteiger partial charge in [0.1, 0.15) is 11.4 Å². The molecule has 0 radical (unpaired) electrons. The highest BCUT2D eigenvalue weighted by Crippen LogP contribution is 2.30. The Morgan fingerprint density at radius 2 is 1.89 bits per heavy atom. The van der Waals surface area contributed by atoms with Crippen molar-refractivity contribution in [3.63, 3.8) is 0 Å². The molecular weight excluding hydrogens is 222 g/mol. The molecule has 0 spiro atoms. The normalized spacial score (nSPS) is 13.4. The van der Waals surface area contributed by atoms with Gasteiger partial charge in [-0.25, -0.2) is 0 Å². The molecular formula is C16H27NO. The number of ether oxygens (including phenoxy) is 1. The number of nitrogens with one attached hydrogen (secondary N) is 1. The highest BCUT2D eigenvalue weighted by molar-refractivity contribution is 5.36. The topological polar surface area (TPSA) is 21.3 Å². The molecule has 1 aromatic carbocycles. The number of hydrogen-bond acceptors (Lipinski definition) is 2. The van der Waals surface area contributed by atoms with E-state index in [0.29, 0.717) is 5.92 Å². The second kappa shape index (κ2) is 6.79. The summed E-state index contributed by atoms with van der Waals surface area (Å²) in [6.45, 7) is 12.7. The minimum absolute atomic E-state index is 0.181. The zero-order valence-corrected chi connectivity index (χ0v) is 12.4. The molecule has 0 bridgehead atoms. The third-order valence-electron chi connectivity index (χ3n) is 3.25. The lowest BCUT2D eigenvalue weighted by Crippen LogP contribution is -2.40. The van der Waals surface area contributed by atoms with Crippen molar-refractivity contribution < 1.29 is 4.74 Å². The molecule has 0 aliphatic rings. The summed E-state index contributed by atoms with van der Waals surface area (Å²) in [6, 6.07) is 8.39. The Labute approximate surface area is 112 Å². The lowest BCUT2D eigenvalue weighted by atomic mass is 9.97. The third kappa shape index (κ3) is 4.34. The van der Waals surface area contributed by atoms with Gasteiger partial charge in [-0.3, -0.25) is 0 Å². The van der Waals surface area contributed by atoms with Gasteiger partial charge in [-0.1, -0.05) is 39.0 Å².